The van der Waals surface area contributed by atoms with Crippen LogP contribution in [0.4, 0.5) is 4.39 Å². The molecule has 0 fully saturated rings. The van der Waals surface area contributed by atoms with Crippen LogP contribution in [0.25, 0.3) is 0 Å². The molecular weight excluding hydrogens is 293 g/mol. The van der Waals surface area contributed by atoms with Gasteiger partial charge < -0.3 is 15.3 Å². The number of aliphatic hydroxyl groups is 2. The van der Waals surface area contributed by atoms with Gasteiger partial charge in [-0.2, -0.15) is 0 Å². The summed E-state index contributed by atoms with van der Waals surface area (Å²) in [5.41, 5.74) is -1.99. The van der Waals surface area contributed by atoms with Crippen LogP contribution in [-0.4, -0.2) is 48.5 Å². The van der Waals surface area contributed by atoms with Gasteiger partial charge in [0.05, 0.1) is 24.3 Å². The molecule has 0 saturated carbocycles. The van der Waals surface area contributed by atoms with E-state index in [1.54, 1.807) is 0 Å². The first-order chi connectivity index (χ1) is 9.15. The number of nitrogens with one attached hydrogen (secondary N) is 1. The second-order valence-corrected chi connectivity index (χ2v) is 6.08. The predicted molar refractivity (Wildman–Crippen MR) is 66.3 cm³/mol. The van der Waals surface area contributed by atoms with Crippen molar-refractivity contribution in [3.05, 3.63) is 29.6 Å². The Morgan fingerprint density at radius 3 is 2.35 bits per heavy atom. The van der Waals surface area contributed by atoms with Gasteiger partial charge in [-0.1, -0.05) is 0 Å². The SMILES string of the molecule is CC(CO)(CO)NS(=O)(=O)c1cc(C(=O)O)ccc1F. The number of rotatable bonds is 6. The van der Waals surface area contributed by atoms with E-state index in [0.717, 1.165) is 6.07 Å². The molecule has 1 aromatic carbocycles. The molecule has 0 spiro atoms. The highest BCUT2D eigenvalue weighted by molar-refractivity contribution is 7.89. The first-order valence-corrected chi connectivity index (χ1v) is 6.92. The maximum Gasteiger partial charge on any atom is 0.335 e. The Bertz CT molecular complexity index is 611. The monoisotopic (exact) mass is 307 g/mol. The summed E-state index contributed by atoms with van der Waals surface area (Å²) < 4.78 is 39.5. The van der Waals surface area contributed by atoms with Gasteiger partial charge in [0.25, 0.3) is 0 Å². The van der Waals surface area contributed by atoms with E-state index in [1.165, 1.54) is 6.92 Å². The predicted octanol–water partition coefficient (Wildman–Crippen LogP) is -0.454. The molecule has 0 unspecified atom stereocenters. The van der Waals surface area contributed by atoms with Gasteiger partial charge >= 0.3 is 5.97 Å². The van der Waals surface area contributed by atoms with Crippen molar-refractivity contribution in [3.8, 4) is 0 Å². The van der Waals surface area contributed by atoms with Crippen molar-refractivity contribution in [1.29, 1.82) is 0 Å². The molecule has 112 valence electrons. The van der Waals surface area contributed by atoms with Gasteiger partial charge in [-0.3, -0.25) is 0 Å². The number of halogens is 1. The fraction of sp³-hybridized carbons (Fsp3) is 0.364. The lowest BCUT2D eigenvalue weighted by Gasteiger charge is -2.25. The Morgan fingerprint density at radius 2 is 1.90 bits per heavy atom. The van der Waals surface area contributed by atoms with Crippen molar-refractivity contribution in [2.45, 2.75) is 17.4 Å². The second kappa shape index (κ2) is 5.83. The van der Waals surface area contributed by atoms with Crippen LogP contribution in [0.2, 0.25) is 0 Å². The van der Waals surface area contributed by atoms with Gasteiger partial charge in [0.1, 0.15) is 10.7 Å². The molecular formula is C11H14FNO6S. The van der Waals surface area contributed by atoms with E-state index in [0.29, 0.717) is 12.1 Å². The molecule has 0 amide bonds. The fourth-order valence-corrected chi connectivity index (χ4v) is 2.83. The highest BCUT2D eigenvalue weighted by atomic mass is 32.2. The lowest BCUT2D eigenvalue weighted by Crippen LogP contribution is -2.51. The van der Waals surface area contributed by atoms with E-state index < -0.39 is 51.0 Å². The molecule has 0 bridgehead atoms. The zero-order chi connectivity index (χ0) is 15.6. The van der Waals surface area contributed by atoms with E-state index in [-0.39, 0.29) is 0 Å². The van der Waals surface area contributed by atoms with E-state index >= 15 is 0 Å². The summed E-state index contributed by atoms with van der Waals surface area (Å²) in [5.74, 6) is -2.55. The van der Waals surface area contributed by atoms with Crippen molar-refractivity contribution < 1.29 is 32.9 Å². The van der Waals surface area contributed by atoms with E-state index in [2.05, 4.69) is 0 Å². The molecule has 0 aliphatic heterocycles. The van der Waals surface area contributed by atoms with Crippen LogP contribution < -0.4 is 4.72 Å². The fourth-order valence-electron chi connectivity index (χ4n) is 1.34. The first-order valence-electron chi connectivity index (χ1n) is 5.44. The molecule has 0 saturated heterocycles. The number of carbonyl (C=O) groups is 1. The average molecular weight is 307 g/mol. The highest BCUT2D eigenvalue weighted by Crippen LogP contribution is 2.18. The average Bonchev–Trinajstić information content (AvgIpc) is 2.38. The zero-order valence-corrected chi connectivity index (χ0v) is 11.3. The van der Waals surface area contributed by atoms with Crippen molar-refractivity contribution in [2.75, 3.05) is 13.2 Å². The molecule has 20 heavy (non-hydrogen) atoms. The van der Waals surface area contributed by atoms with Crippen molar-refractivity contribution in [2.24, 2.45) is 0 Å². The van der Waals surface area contributed by atoms with E-state index in [4.69, 9.17) is 15.3 Å². The summed E-state index contributed by atoms with van der Waals surface area (Å²) in [6.07, 6.45) is 0. The quantitative estimate of drug-likeness (QED) is 0.564. The molecule has 0 radical (unpaired) electrons. The molecule has 9 heteroatoms. The highest BCUT2D eigenvalue weighted by Gasteiger charge is 2.31. The summed E-state index contributed by atoms with van der Waals surface area (Å²) in [5, 5.41) is 26.8. The van der Waals surface area contributed by atoms with Crippen LogP contribution in [0, 0.1) is 5.82 Å². The van der Waals surface area contributed by atoms with E-state index in [1.807, 2.05) is 4.72 Å². The number of benzene rings is 1. The van der Waals surface area contributed by atoms with Crippen molar-refractivity contribution in [3.63, 3.8) is 0 Å². The molecule has 4 N–H and O–H groups in total. The third kappa shape index (κ3) is 3.51. The van der Waals surface area contributed by atoms with Crippen LogP contribution in [-0.2, 0) is 10.0 Å². The lowest BCUT2D eigenvalue weighted by molar-refractivity contribution is 0.0696. The minimum atomic E-state index is -4.44. The summed E-state index contributed by atoms with van der Waals surface area (Å²) in [6.45, 7) is -0.227. The number of aliphatic hydroxyl groups excluding tert-OH is 2. The summed E-state index contributed by atoms with van der Waals surface area (Å²) >= 11 is 0. The van der Waals surface area contributed by atoms with Gasteiger partial charge in [-0.15, -0.1) is 0 Å². The third-order valence-electron chi connectivity index (χ3n) is 2.55. The molecule has 0 heterocycles. The Hall–Kier alpha value is -1.55. The summed E-state index contributed by atoms with van der Waals surface area (Å²) in [6, 6.07) is 2.30. The molecule has 7 nitrogen and oxygen atoms in total. The Balaban J connectivity index is 3.28. The van der Waals surface area contributed by atoms with Gasteiger partial charge in [0, 0.05) is 0 Å². The van der Waals surface area contributed by atoms with Crippen LogP contribution in [0.1, 0.15) is 17.3 Å². The maximum absolute atomic E-state index is 13.6. The molecule has 1 aromatic rings. The molecule has 0 aliphatic carbocycles. The van der Waals surface area contributed by atoms with Crippen LogP contribution in [0.5, 0.6) is 0 Å². The third-order valence-corrected chi connectivity index (χ3v) is 4.20. The van der Waals surface area contributed by atoms with E-state index in [9.17, 15) is 17.6 Å². The smallest absolute Gasteiger partial charge is 0.335 e. The lowest BCUT2D eigenvalue weighted by atomic mass is 10.1. The number of carboxylic acid groups (broad SMARTS) is 1. The standard InChI is InChI=1S/C11H14FNO6S/c1-11(5-14,6-15)13-20(18,19)9-4-7(10(16)17)2-3-8(9)12/h2-4,13-15H,5-6H2,1H3,(H,16,17). The Kier molecular flexibility index (Phi) is 4.81. The molecule has 0 atom stereocenters. The Labute approximate surface area is 114 Å². The number of sulfonamides is 1. The summed E-state index contributed by atoms with van der Waals surface area (Å²) in [7, 11) is -4.44. The van der Waals surface area contributed by atoms with Crippen molar-refractivity contribution in [1.82, 2.24) is 4.72 Å². The minimum absolute atomic E-state index is 0.401. The van der Waals surface area contributed by atoms with Gasteiger partial charge in [-0.25, -0.2) is 22.3 Å². The maximum atomic E-state index is 13.6. The minimum Gasteiger partial charge on any atom is -0.478 e. The first kappa shape index (κ1) is 16.5. The van der Waals surface area contributed by atoms with Crippen molar-refractivity contribution >= 4 is 16.0 Å². The van der Waals surface area contributed by atoms with Crippen LogP contribution in [0.3, 0.4) is 0 Å². The zero-order valence-electron chi connectivity index (χ0n) is 10.5. The molecule has 0 aromatic heterocycles. The van der Waals surface area contributed by atoms with Gasteiger partial charge in [0.15, 0.2) is 0 Å². The van der Waals surface area contributed by atoms with Crippen LogP contribution in [0.15, 0.2) is 23.1 Å². The number of carboxylic acids is 1. The number of hydrogen-bond acceptors (Lipinski definition) is 5. The normalized spacial score (nSPS) is 12.4. The van der Waals surface area contributed by atoms with Gasteiger partial charge in [-0.05, 0) is 25.1 Å². The van der Waals surface area contributed by atoms with Gasteiger partial charge in [0.2, 0.25) is 10.0 Å². The molecule has 1 rings (SSSR count). The summed E-state index contributed by atoms with van der Waals surface area (Å²) in [4.78, 5) is 9.90. The largest absolute Gasteiger partial charge is 0.478 e. The number of hydrogen-bond donors (Lipinski definition) is 4. The Morgan fingerprint density at radius 1 is 1.35 bits per heavy atom. The van der Waals surface area contributed by atoms with Crippen LogP contribution >= 0.6 is 0 Å². The number of aromatic carboxylic acids is 1. The molecule has 0 aliphatic rings. The second-order valence-electron chi connectivity index (χ2n) is 4.43. The topological polar surface area (TPSA) is 124 Å².